The number of hydrogen-bond acceptors (Lipinski definition) is 6. The Bertz CT molecular complexity index is 935. The lowest BCUT2D eigenvalue weighted by Gasteiger charge is -2.32. The highest BCUT2D eigenvalue weighted by molar-refractivity contribution is 5.94. The van der Waals surface area contributed by atoms with E-state index in [2.05, 4.69) is 44.8 Å². The van der Waals surface area contributed by atoms with Crippen LogP contribution in [0, 0.1) is 0 Å². The van der Waals surface area contributed by atoms with E-state index >= 15 is 0 Å². The predicted octanol–water partition coefficient (Wildman–Crippen LogP) is 1.68. The molecule has 1 amide bonds. The van der Waals surface area contributed by atoms with Crippen LogP contribution in [0.2, 0.25) is 0 Å². The van der Waals surface area contributed by atoms with Crippen molar-refractivity contribution in [1.82, 2.24) is 24.5 Å². The Labute approximate surface area is 202 Å². The average molecular weight is 468 g/mol. The molecule has 2 aromatic rings. The van der Waals surface area contributed by atoms with Crippen LogP contribution in [-0.2, 0) is 35.4 Å². The van der Waals surface area contributed by atoms with Gasteiger partial charge >= 0.3 is 0 Å². The van der Waals surface area contributed by atoms with Crippen LogP contribution >= 0.6 is 0 Å². The molecule has 0 bridgehead atoms. The minimum Gasteiger partial charge on any atom is -0.379 e. The lowest BCUT2D eigenvalue weighted by atomic mass is 10.0. The molecule has 0 radical (unpaired) electrons. The third-order valence-electron chi connectivity index (χ3n) is 7.23. The zero-order chi connectivity index (χ0) is 23.2. The van der Waals surface area contributed by atoms with E-state index in [1.54, 1.807) is 0 Å². The van der Waals surface area contributed by atoms with Crippen molar-refractivity contribution in [3.63, 3.8) is 0 Å². The fourth-order valence-corrected chi connectivity index (χ4v) is 5.20. The first kappa shape index (κ1) is 23.5. The molecule has 4 heterocycles. The van der Waals surface area contributed by atoms with E-state index in [1.807, 2.05) is 4.90 Å². The van der Waals surface area contributed by atoms with Crippen LogP contribution in [0.4, 0.5) is 0 Å². The summed E-state index contributed by atoms with van der Waals surface area (Å²) in [5.74, 6) is 0.0661. The molecule has 0 spiro atoms. The van der Waals surface area contributed by atoms with E-state index < -0.39 is 0 Å². The Balaban J connectivity index is 1.28. The molecule has 0 saturated carbocycles. The number of hydrogen-bond donors (Lipinski definition) is 0. The summed E-state index contributed by atoms with van der Waals surface area (Å²) >= 11 is 0. The average Bonchev–Trinajstić information content (AvgIpc) is 3.26. The van der Waals surface area contributed by atoms with Gasteiger partial charge in [0.2, 0.25) is 0 Å². The predicted molar refractivity (Wildman–Crippen MR) is 130 cm³/mol. The van der Waals surface area contributed by atoms with Gasteiger partial charge in [0.1, 0.15) is 0 Å². The zero-order valence-electron chi connectivity index (χ0n) is 20.2. The van der Waals surface area contributed by atoms with Gasteiger partial charge in [-0.25, -0.2) is 0 Å². The van der Waals surface area contributed by atoms with Gasteiger partial charge in [0.25, 0.3) is 5.91 Å². The fourth-order valence-electron chi connectivity index (χ4n) is 5.20. The number of carbonyl (C=O) groups excluding carboxylic acids is 1. The van der Waals surface area contributed by atoms with E-state index in [4.69, 9.17) is 14.6 Å². The molecular formula is C26H37N5O3. The fraction of sp³-hybridized carbons (Fsp3) is 0.615. The largest absolute Gasteiger partial charge is 0.379 e. The lowest BCUT2D eigenvalue weighted by Crippen LogP contribution is -2.43. The number of amides is 1. The molecule has 3 aliphatic rings. The van der Waals surface area contributed by atoms with Crippen molar-refractivity contribution in [2.24, 2.45) is 0 Å². The second-order valence-electron chi connectivity index (χ2n) is 9.47. The molecule has 3 aliphatic heterocycles. The number of morpholine rings is 2. The summed E-state index contributed by atoms with van der Waals surface area (Å²) in [4.78, 5) is 20.3. The summed E-state index contributed by atoms with van der Waals surface area (Å²) < 4.78 is 13.1. The van der Waals surface area contributed by atoms with Crippen LogP contribution < -0.4 is 0 Å². The molecule has 1 aromatic carbocycles. The summed E-state index contributed by atoms with van der Waals surface area (Å²) in [6.45, 7) is 11.0. The Morgan fingerprint density at radius 1 is 0.853 bits per heavy atom. The van der Waals surface area contributed by atoms with Gasteiger partial charge in [-0.05, 0) is 18.4 Å². The Morgan fingerprint density at radius 2 is 1.56 bits per heavy atom. The van der Waals surface area contributed by atoms with Crippen molar-refractivity contribution in [3.05, 3.63) is 52.8 Å². The van der Waals surface area contributed by atoms with Gasteiger partial charge in [0.15, 0.2) is 5.69 Å². The van der Waals surface area contributed by atoms with Gasteiger partial charge in [-0.2, -0.15) is 5.10 Å². The Morgan fingerprint density at radius 3 is 2.32 bits per heavy atom. The van der Waals surface area contributed by atoms with Crippen molar-refractivity contribution < 1.29 is 14.3 Å². The normalized spacial score (nSPS) is 19.8. The second-order valence-corrected chi connectivity index (χ2v) is 9.47. The van der Waals surface area contributed by atoms with Gasteiger partial charge in [-0.15, -0.1) is 0 Å². The third kappa shape index (κ3) is 5.68. The first-order valence-corrected chi connectivity index (χ1v) is 12.8. The molecule has 2 saturated heterocycles. The van der Waals surface area contributed by atoms with Crippen molar-refractivity contribution in [1.29, 1.82) is 0 Å². The highest BCUT2D eigenvalue weighted by atomic mass is 16.5. The number of carbonyl (C=O) groups is 1. The number of aromatic nitrogens is 2. The van der Waals surface area contributed by atoms with Crippen LogP contribution in [0.3, 0.4) is 0 Å². The van der Waals surface area contributed by atoms with Crippen molar-refractivity contribution in [2.75, 3.05) is 72.2 Å². The first-order valence-electron chi connectivity index (χ1n) is 12.8. The Kier molecular flexibility index (Phi) is 7.90. The summed E-state index contributed by atoms with van der Waals surface area (Å²) in [5, 5.41) is 4.91. The summed E-state index contributed by atoms with van der Waals surface area (Å²) in [7, 11) is 0. The van der Waals surface area contributed by atoms with Gasteiger partial charge in [0, 0.05) is 76.6 Å². The maximum absolute atomic E-state index is 13.4. The van der Waals surface area contributed by atoms with E-state index in [0.29, 0.717) is 32.0 Å². The lowest BCUT2D eigenvalue weighted by molar-refractivity contribution is 0.0294. The molecule has 8 heteroatoms. The van der Waals surface area contributed by atoms with Gasteiger partial charge in [0.05, 0.1) is 26.4 Å². The van der Waals surface area contributed by atoms with E-state index in [-0.39, 0.29) is 5.91 Å². The Hall–Kier alpha value is -2.26. The minimum atomic E-state index is 0.0661. The molecule has 0 atom stereocenters. The molecule has 5 rings (SSSR count). The number of rotatable bonds is 8. The molecule has 8 nitrogen and oxygen atoms in total. The number of aryl methyl sites for hydroxylation is 2. The van der Waals surface area contributed by atoms with Gasteiger partial charge < -0.3 is 14.4 Å². The SMILES string of the molecule is O=C(c1nn(CCCc2ccccc2)c2c1CN(CCN1CCOCC1)CC2)N1CCOCC1. The van der Waals surface area contributed by atoms with Crippen molar-refractivity contribution in [3.8, 4) is 0 Å². The van der Waals surface area contributed by atoms with Crippen LogP contribution in [-0.4, -0.2) is 103 Å². The quantitative estimate of drug-likeness (QED) is 0.589. The molecule has 184 valence electrons. The molecule has 1 aromatic heterocycles. The number of nitrogens with zero attached hydrogens (tertiary/aromatic N) is 5. The smallest absolute Gasteiger partial charge is 0.274 e. The van der Waals surface area contributed by atoms with E-state index in [0.717, 1.165) is 83.9 Å². The first-order chi connectivity index (χ1) is 16.8. The van der Waals surface area contributed by atoms with Crippen LogP contribution in [0.25, 0.3) is 0 Å². The highest BCUT2D eigenvalue weighted by Gasteiger charge is 2.31. The number of ether oxygens (including phenoxy) is 2. The maximum atomic E-state index is 13.4. The summed E-state index contributed by atoms with van der Waals surface area (Å²) in [6, 6.07) is 10.6. The van der Waals surface area contributed by atoms with Crippen molar-refractivity contribution >= 4 is 5.91 Å². The minimum absolute atomic E-state index is 0.0661. The zero-order valence-corrected chi connectivity index (χ0v) is 20.2. The standard InChI is InChI=1S/C26H37N5O3/c32-26(30-15-19-34-20-16-30)25-23-21-29(12-11-28-13-17-33-18-14-28)10-8-24(23)31(27-25)9-4-7-22-5-2-1-3-6-22/h1-3,5-6H,4,7-21H2. The topological polar surface area (TPSA) is 63.1 Å². The maximum Gasteiger partial charge on any atom is 0.274 e. The van der Waals surface area contributed by atoms with Gasteiger partial charge in [-0.1, -0.05) is 30.3 Å². The molecule has 2 fully saturated rings. The van der Waals surface area contributed by atoms with Crippen LogP contribution in [0.15, 0.2) is 30.3 Å². The highest BCUT2D eigenvalue weighted by Crippen LogP contribution is 2.25. The number of fused-ring (bicyclic) bond motifs is 1. The monoisotopic (exact) mass is 467 g/mol. The number of benzene rings is 1. The summed E-state index contributed by atoms with van der Waals surface area (Å²) in [6.07, 6.45) is 2.99. The van der Waals surface area contributed by atoms with E-state index in [9.17, 15) is 4.79 Å². The van der Waals surface area contributed by atoms with Crippen LogP contribution in [0.5, 0.6) is 0 Å². The second kappa shape index (κ2) is 11.4. The van der Waals surface area contributed by atoms with E-state index in [1.165, 1.54) is 11.3 Å². The molecular weight excluding hydrogens is 430 g/mol. The van der Waals surface area contributed by atoms with Crippen molar-refractivity contribution in [2.45, 2.75) is 32.4 Å². The molecule has 0 unspecified atom stereocenters. The molecule has 34 heavy (non-hydrogen) atoms. The van der Waals surface area contributed by atoms with Gasteiger partial charge in [-0.3, -0.25) is 19.3 Å². The van der Waals surface area contributed by atoms with Crippen LogP contribution in [0.1, 0.15) is 33.7 Å². The third-order valence-corrected chi connectivity index (χ3v) is 7.23. The summed E-state index contributed by atoms with van der Waals surface area (Å²) in [5.41, 5.74) is 4.41. The molecule has 0 aliphatic carbocycles. The molecule has 0 N–H and O–H groups in total.